The number of hydrogen-bond acceptors (Lipinski definition) is 4. The SMILES string of the molecule is C=CC(=O)Oc1ccc(C=CC(=O)OCC2CC3C=CC2C3)cc1. The van der Waals surface area contributed by atoms with Crippen LogP contribution in [0.2, 0.25) is 0 Å². The van der Waals surface area contributed by atoms with Crippen LogP contribution in [0.4, 0.5) is 0 Å². The molecule has 1 fully saturated rings. The van der Waals surface area contributed by atoms with Gasteiger partial charge in [-0.25, -0.2) is 9.59 Å². The van der Waals surface area contributed by atoms with Gasteiger partial charge >= 0.3 is 11.9 Å². The van der Waals surface area contributed by atoms with Crippen molar-refractivity contribution in [3.8, 4) is 5.75 Å². The predicted octanol–water partition coefficient (Wildman–Crippen LogP) is 3.55. The third-order valence-electron chi connectivity index (χ3n) is 4.53. The summed E-state index contributed by atoms with van der Waals surface area (Å²) in [5.41, 5.74) is 0.827. The highest BCUT2D eigenvalue weighted by Crippen LogP contribution is 2.43. The Balaban J connectivity index is 1.46. The van der Waals surface area contributed by atoms with Crippen LogP contribution in [0.3, 0.4) is 0 Å². The van der Waals surface area contributed by atoms with Crippen molar-refractivity contribution >= 4 is 18.0 Å². The van der Waals surface area contributed by atoms with Crippen LogP contribution in [0.5, 0.6) is 5.75 Å². The van der Waals surface area contributed by atoms with E-state index in [1.54, 1.807) is 30.3 Å². The van der Waals surface area contributed by atoms with E-state index in [2.05, 4.69) is 18.7 Å². The smallest absolute Gasteiger partial charge is 0.335 e. The van der Waals surface area contributed by atoms with Crippen LogP contribution < -0.4 is 4.74 Å². The van der Waals surface area contributed by atoms with Crippen LogP contribution in [0.1, 0.15) is 18.4 Å². The van der Waals surface area contributed by atoms with E-state index in [4.69, 9.17) is 9.47 Å². The van der Waals surface area contributed by atoms with E-state index in [-0.39, 0.29) is 5.97 Å². The molecule has 1 aromatic rings. The molecular formula is C20H20O4. The lowest BCUT2D eigenvalue weighted by atomic mass is 9.95. The van der Waals surface area contributed by atoms with Gasteiger partial charge in [-0.05, 0) is 54.4 Å². The molecule has 0 amide bonds. The average Bonchev–Trinajstić information content (AvgIpc) is 3.22. The second kappa shape index (κ2) is 7.30. The van der Waals surface area contributed by atoms with E-state index < -0.39 is 5.97 Å². The first-order valence-electron chi connectivity index (χ1n) is 8.11. The summed E-state index contributed by atoms with van der Waals surface area (Å²) < 4.78 is 10.3. The van der Waals surface area contributed by atoms with Gasteiger partial charge in [-0.15, -0.1) is 0 Å². The summed E-state index contributed by atoms with van der Waals surface area (Å²) in [5, 5.41) is 0. The van der Waals surface area contributed by atoms with Gasteiger partial charge in [-0.3, -0.25) is 0 Å². The summed E-state index contributed by atoms with van der Waals surface area (Å²) in [6, 6.07) is 6.84. The van der Waals surface area contributed by atoms with Crippen molar-refractivity contribution in [1.82, 2.24) is 0 Å². The van der Waals surface area contributed by atoms with Gasteiger partial charge in [0.1, 0.15) is 5.75 Å². The minimum atomic E-state index is -0.502. The molecule has 0 radical (unpaired) electrons. The average molecular weight is 324 g/mol. The summed E-state index contributed by atoms with van der Waals surface area (Å²) in [6.07, 6.45) is 11.1. The minimum absolute atomic E-state index is 0.330. The number of fused-ring (bicyclic) bond motifs is 2. The zero-order valence-electron chi connectivity index (χ0n) is 13.4. The Kier molecular flexibility index (Phi) is 4.94. The number of esters is 2. The van der Waals surface area contributed by atoms with Crippen molar-refractivity contribution in [2.45, 2.75) is 12.8 Å². The summed E-state index contributed by atoms with van der Waals surface area (Å²) in [6.45, 7) is 3.83. The number of benzene rings is 1. The van der Waals surface area contributed by atoms with E-state index in [0.717, 1.165) is 18.1 Å². The highest BCUT2D eigenvalue weighted by atomic mass is 16.5. The van der Waals surface area contributed by atoms with Gasteiger partial charge in [0.2, 0.25) is 0 Å². The lowest BCUT2D eigenvalue weighted by Crippen LogP contribution is -2.16. The van der Waals surface area contributed by atoms with Gasteiger partial charge in [-0.2, -0.15) is 0 Å². The van der Waals surface area contributed by atoms with Crippen molar-refractivity contribution in [1.29, 1.82) is 0 Å². The number of hydrogen-bond donors (Lipinski definition) is 0. The number of allylic oxidation sites excluding steroid dienone is 2. The molecule has 4 heteroatoms. The highest BCUT2D eigenvalue weighted by Gasteiger charge is 2.35. The van der Waals surface area contributed by atoms with E-state index >= 15 is 0 Å². The van der Waals surface area contributed by atoms with E-state index in [1.807, 2.05) is 0 Å². The summed E-state index contributed by atoms with van der Waals surface area (Å²) in [5.74, 6) is 1.34. The topological polar surface area (TPSA) is 52.6 Å². The molecule has 3 atom stereocenters. The summed E-state index contributed by atoms with van der Waals surface area (Å²) in [4.78, 5) is 22.9. The minimum Gasteiger partial charge on any atom is -0.462 e. The van der Waals surface area contributed by atoms with Crippen molar-refractivity contribution in [2.24, 2.45) is 17.8 Å². The lowest BCUT2D eigenvalue weighted by molar-refractivity contribution is -0.139. The largest absolute Gasteiger partial charge is 0.462 e. The first-order chi connectivity index (χ1) is 11.6. The summed E-state index contributed by atoms with van der Waals surface area (Å²) in [7, 11) is 0. The van der Waals surface area contributed by atoms with E-state index in [0.29, 0.717) is 30.1 Å². The maximum absolute atomic E-state index is 11.8. The molecule has 1 saturated carbocycles. The van der Waals surface area contributed by atoms with Crippen molar-refractivity contribution < 1.29 is 19.1 Å². The Bertz CT molecular complexity index is 684. The third-order valence-corrected chi connectivity index (χ3v) is 4.53. The third kappa shape index (κ3) is 4.02. The molecule has 2 bridgehead atoms. The summed E-state index contributed by atoms with van der Waals surface area (Å²) >= 11 is 0. The van der Waals surface area contributed by atoms with Crippen LogP contribution in [0, 0.1) is 17.8 Å². The quantitative estimate of drug-likeness (QED) is 0.347. The van der Waals surface area contributed by atoms with Crippen LogP contribution in [-0.2, 0) is 14.3 Å². The first kappa shape index (κ1) is 16.2. The van der Waals surface area contributed by atoms with Gasteiger partial charge in [-0.1, -0.05) is 30.9 Å². The van der Waals surface area contributed by atoms with E-state index in [9.17, 15) is 9.59 Å². The maximum Gasteiger partial charge on any atom is 0.335 e. The predicted molar refractivity (Wildman–Crippen MR) is 91.1 cm³/mol. The van der Waals surface area contributed by atoms with Crippen LogP contribution >= 0.6 is 0 Å². The second-order valence-corrected chi connectivity index (χ2v) is 6.20. The Morgan fingerprint density at radius 3 is 2.54 bits per heavy atom. The van der Waals surface area contributed by atoms with Crippen LogP contribution in [0.15, 0.2) is 55.1 Å². The molecule has 0 aliphatic heterocycles. The molecule has 2 aliphatic rings. The molecule has 0 saturated heterocycles. The van der Waals surface area contributed by atoms with Gasteiger partial charge in [0.25, 0.3) is 0 Å². The molecule has 124 valence electrons. The van der Waals surface area contributed by atoms with Gasteiger partial charge < -0.3 is 9.47 Å². The molecule has 0 aromatic heterocycles. The Morgan fingerprint density at radius 1 is 1.12 bits per heavy atom. The van der Waals surface area contributed by atoms with Gasteiger partial charge in [0.15, 0.2) is 0 Å². The monoisotopic (exact) mass is 324 g/mol. The molecule has 24 heavy (non-hydrogen) atoms. The number of carbonyl (C=O) groups is 2. The fraction of sp³-hybridized carbons (Fsp3) is 0.300. The molecule has 0 spiro atoms. The van der Waals surface area contributed by atoms with Crippen molar-refractivity contribution in [3.05, 3.63) is 60.7 Å². The van der Waals surface area contributed by atoms with E-state index in [1.165, 1.54) is 12.5 Å². The number of rotatable bonds is 6. The Hall–Kier alpha value is -2.62. The standard InChI is InChI=1S/C20H20O4/c1-2-19(21)24-18-8-4-14(5-9-18)6-10-20(22)23-13-17-12-15-3-7-16(17)11-15/h2-10,15-17H,1,11-13H2. The maximum atomic E-state index is 11.8. The fourth-order valence-corrected chi connectivity index (χ4v) is 3.29. The first-order valence-corrected chi connectivity index (χ1v) is 8.11. The van der Waals surface area contributed by atoms with Crippen LogP contribution in [0.25, 0.3) is 6.08 Å². The Labute approximate surface area is 141 Å². The van der Waals surface area contributed by atoms with Crippen molar-refractivity contribution in [2.75, 3.05) is 6.61 Å². The zero-order chi connectivity index (χ0) is 16.9. The molecule has 4 nitrogen and oxygen atoms in total. The molecule has 0 heterocycles. The molecule has 0 N–H and O–H groups in total. The Morgan fingerprint density at radius 2 is 1.92 bits per heavy atom. The number of ether oxygens (including phenoxy) is 2. The molecular weight excluding hydrogens is 304 g/mol. The normalized spacial score (nSPS) is 24.2. The van der Waals surface area contributed by atoms with Gasteiger partial charge in [0, 0.05) is 12.2 Å². The van der Waals surface area contributed by atoms with Crippen molar-refractivity contribution in [3.63, 3.8) is 0 Å². The molecule has 1 aromatic carbocycles. The second-order valence-electron chi connectivity index (χ2n) is 6.20. The van der Waals surface area contributed by atoms with Gasteiger partial charge in [0.05, 0.1) is 6.61 Å². The number of carbonyl (C=O) groups excluding carboxylic acids is 2. The molecule has 3 rings (SSSR count). The lowest BCUT2D eigenvalue weighted by Gasteiger charge is -2.17. The molecule has 3 unspecified atom stereocenters. The highest BCUT2D eigenvalue weighted by molar-refractivity contribution is 5.87. The fourth-order valence-electron chi connectivity index (χ4n) is 3.29. The molecule has 2 aliphatic carbocycles. The van der Waals surface area contributed by atoms with Crippen LogP contribution in [-0.4, -0.2) is 18.5 Å². The zero-order valence-corrected chi connectivity index (χ0v) is 13.4.